The van der Waals surface area contributed by atoms with Crippen LogP contribution in [0.15, 0.2) is 29.0 Å². The molecule has 0 saturated carbocycles. The molecule has 36 heavy (non-hydrogen) atoms. The Labute approximate surface area is 209 Å². The number of aryl methyl sites for hydroxylation is 1. The van der Waals surface area contributed by atoms with Gasteiger partial charge in [-0.3, -0.25) is 19.3 Å². The lowest BCUT2D eigenvalue weighted by atomic mass is 9.73. The van der Waals surface area contributed by atoms with Crippen LogP contribution in [0.4, 0.5) is 0 Å². The number of Topliss-reactive ketones (excluding diaryl/α,β-unsaturated/α-hetero) is 1. The van der Waals surface area contributed by atoms with Gasteiger partial charge in [-0.15, -0.1) is 0 Å². The maximum absolute atomic E-state index is 13.4. The summed E-state index contributed by atoms with van der Waals surface area (Å²) in [6.07, 6.45) is 2.26. The first-order valence-corrected chi connectivity index (χ1v) is 12.2. The lowest BCUT2D eigenvalue weighted by molar-refractivity contribution is -0.123. The van der Waals surface area contributed by atoms with E-state index in [4.69, 9.17) is 15.2 Å². The topological polar surface area (TPSA) is 143 Å². The summed E-state index contributed by atoms with van der Waals surface area (Å²) in [6, 6.07) is 0.341. The Morgan fingerprint density at radius 3 is 2.72 bits per heavy atom. The minimum Gasteiger partial charge on any atom is -0.504 e. The van der Waals surface area contributed by atoms with Gasteiger partial charge in [-0.1, -0.05) is 6.07 Å². The Hall–Kier alpha value is -3.21. The summed E-state index contributed by atoms with van der Waals surface area (Å²) in [4.78, 5) is 41.1. The molecule has 5 rings (SSSR count). The van der Waals surface area contributed by atoms with E-state index < -0.39 is 12.1 Å². The first-order valence-electron chi connectivity index (χ1n) is 12.2. The van der Waals surface area contributed by atoms with Crippen LogP contribution in [0.25, 0.3) is 0 Å². The Kier molecular flexibility index (Phi) is 6.14. The molecule has 2 bridgehead atoms. The molecule has 3 heterocycles. The number of carbonyl (C=O) groups is 3. The highest BCUT2D eigenvalue weighted by Gasteiger charge is 2.51. The monoisotopic (exact) mass is 496 g/mol. The summed E-state index contributed by atoms with van der Waals surface area (Å²) in [5.74, 6) is -0.420. The Morgan fingerprint density at radius 2 is 2.06 bits per heavy atom. The number of piperazine rings is 1. The van der Waals surface area contributed by atoms with Crippen LogP contribution in [-0.2, 0) is 25.5 Å². The van der Waals surface area contributed by atoms with Crippen molar-refractivity contribution >= 4 is 17.5 Å². The molecule has 0 radical (unpaired) electrons. The third-order valence-corrected chi connectivity index (χ3v) is 7.81. The standard InChI is InChI=1S/C26H32N4O6/c1-11-5-13-6-14-10-30-16(22(29-14)20(13)24(33)25(11)36-4)7-15-18(31)8-19(35-3)23(32)21(15)17(30)9-28-26(34)12(2)27/h5,8,12,14,16-17,22,29,33H,6-7,9-10,27H2,1-4H3,(H,28,34). The van der Waals surface area contributed by atoms with Crippen molar-refractivity contribution in [2.45, 2.75) is 56.9 Å². The third-order valence-electron chi connectivity index (χ3n) is 7.81. The number of hydrogen-bond acceptors (Lipinski definition) is 9. The predicted molar refractivity (Wildman–Crippen MR) is 130 cm³/mol. The molecule has 5 unspecified atom stereocenters. The fourth-order valence-electron chi connectivity index (χ4n) is 6.24. The lowest BCUT2D eigenvalue weighted by Gasteiger charge is -2.54. The maximum Gasteiger partial charge on any atom is 0.236 e. The van der Waals surface area contributed by atoms with E-state index in [0.29, 0.717) is 36.3 Å². The number of nitrogens with one attached hydrogen (secondary N) is 2. The molecule has 5 atom stereocenters. The average molecular weight is 497 g/mol. The van der Waals surface area contributed by atoms with Crippen LogP contribution in [0.2, 0.25) is 0 Å². The molecule has 192 valence electrons. The number of ketones is 2. The second kappa shape index (κ2) is 9.02. The van der Waals surface area contributed by atoms with Gasteiger partial charge in [-0.25, -0.2) is 0 Å². The number of fused-ring (bicyclic) bond motifs is 6. The number of methoxy groups -OCH3 is 2. The van der Waals surface area contributed by atoms with Crippen molar-refractivity contribution in [3.05, 3.63) is 45.7 Å². The number of nitrogens with zero attached hydrogens (tertiary/aromatic N) is 1. The molecular weight excluding hydrogens is 464 g/mol. The summed E-state index contributed by atoms with van der Waals surface area (Å²) < 4.78 is 10.7. The smallest absolute Gasteiger partial charge is 0.236 e. The molecule has 1 aromatic carbocycles. The minimum absolute atomic E-state index is 0.000695. The van der Waals surface area contributed by atoms with Gasteiger partial charge in [0.15, 0.2) is 23.0 Å². The summed E-state index contributed by atoms with van der Waals surface area (Å²) in [5.41, 5.74) is 9.22. The highest BCUT2D eigenvalue weighted by atomic mass is 16.5. The van der Waals surface area contributed by atoms with Gasteiger partial charge < -0.3 is 30.9 Å². The van der Waals surface area contributed by atoms with E-state index in [1.807, 2.05) is 6.92 Å². The van der Waals surface area contributed by atoms with Crippen molar-refractivity contribution in [1.29, 1.82) is 0 Å². The number of nitrogens with two attached hydrogens (primary N) is 1. The van der Waals surface area contributed by atoms with E-state index in [1.165, 1.54) is 20.3 Å². The third kappa shape index (κ3) is 3.71. The van der Waals surface area contributed by atoms with Crippen LogP contribution in [0.3, 0.4) is 0 Å². The van der Waals surface area contributed by atoms with Crippen molar-refractivity contribution in [2.75, 3.05) is 27.3 Å². The van der Waals surface area contributed by atoms with Gasteiger partial charge in [0.1, 0.15) is 0 Å². The number of carbonyl (C=O) groups excluding carboxylic acids is 3. The zero-order chi connectivity index (χ0) is 25.9. The van der Waals surface area contributed by atoms with Gasteiger partial charge in [0.05, 0.1) is 32.3 Å². The minimum atomic E-state index is -0.710. The highest BCUT2D eigenvalue weighted by molar-refractivity contribution is 6.22. The number of allylic oxidation sites excluding steroid dienone is 2. The quantitative estimate of drug-likeness (QED) is 0.419. The van der Waals surface area contributed by atoms with Crippen LogP contribution >= 0.6 is 0 Å². The molecule has 1 aromatic rings. The normalized spacial score (nSPS) is 28.0. The van der Waals surface area contributed by atoms with Gasteiger partial charge in [0, 0.05) is 48.0 Å². The van der Waals surface area contributed by atoms with Crippen molar-refractivity contribution < 1.29 is 29.0 Å². The highest BCUT2D eigenvalue weighted by Crippen LogP contribution is 2.48. The molecular formula is C26H32N4O6. The van der Waals surface area contributed by atoms with Crippen LogP contribution in [0.5, 0.6) is 11.5 Å². The number of phenols is 1. The number of rotatable bonds is 5. The molecule has 1 saturated heterocycles. The van der Waals surface area contributed by atoms with Gasteiger partial charge in [-0.2, -0.15) is 0 Å². The Morgan fingerprint density at radius 1 is 1.31 bits per heavy atom. The van der Waals surface area contributed by atoms with Crippen LogP contribution in [0.1, 0.15) is 36.1 Å². The van der Waals surface area contributed by atoms with Gasteiger partial charge >= 0.3 is 0 Å². The first-order chi connectivity index (χ1) is 17.2. The van der Waals surface area contributed by atoms with Gasteiger partial charge in [-0.05, 0) is 37.8 Å². The summed E-state index contributed by atoms with van der Waals surface area (Å²) in [5, 5.41) is 17.7. The van der Waals surface area contributed by atoms with Crippen LogP contribution < -0.4 is 21.1 Å². The van der Waals surface area contributed by atoms with Crippen molar-refractivity contribution in [2.24, 2.45) is 5.73 Å². The average Bonchev–Trinajstić information content (AvgIpc) is 2.84. The lowest BCUT2D eigenvalue weighted by Crippen LogP contribution is -2.67. The molecule has 10 heteroatoms. The zero-order valence-electron chi connectivity index (χ0n) is 20.9. The Bertz CT molecular complexity index is 1220. The largest absolute Gasteiger partial charge is 0.504 e. The van der Waals surface area contributed by atoms with E-state index in [9.17, 15) is 19.5 Å². The van der Waals surface area contributed by atoms with E-state index in [-0.39, 0.29) is 53.7 Å². The fourth-order valence-corrected chi connectivity index (χ4v) is 6.24. The van der Waals surface area contributed by atoms with E-state index in [2.05, 4.69) is 21.6 Å². The number of phenolic OH excluding ortho intramolecular Hbond substituents is 1. The van der Waals surface area contributed by atoms with E-state index >= 15 is 0 Å². The van der Waals surface area contributed by atoms with Crippen LogP contribution in [-0.4, -0.2) is 79.0 Å². The number of benzene rings is 1. The second-order valence-corrected chi connectivity index (χ2v) is 10.0. The number of ether oxygens (including phenoxy) is 2. The molecule has 5 N–H and O–H groups in total. The van der Waals surface area contributed by atoms with E-state index in [0.717, 1.165) is 16.7 Å². The number of aromatic hydroxyl groups is 1. The van der Waals surface area contributed by atoms with Crippen LogP contribution in [0, 0.1) is 6.92 Å². The summed E-state index contributed by atoms with van der Waals surface area (Å²) >= 11 is 0. The predicted octanol–water partition coefficient (Wildman–Crippen LogP) is 0.163. The van der Waals surface area contributed by atoms with Crippen molar-refractivity contribution in [1.82, 2.24) is 15.5 Å². The van der Waals surface area contributed by atoms with Gasteiger partial charge in [0.2, 0.25) is 11.7 Å². The molecule has 1 aliphatic carbocycles. The summed E-state index contributed by atoms with van der Waals surface area (Å²) in [6.45, 7) is 4.23. The second-order valence-electron chi connectivity index (χ2n) is 10.0. The Balaban J connectivity index is 1.60. The molecule has 10 nitrogen and oxygen atoms in total. The fraction of sp³-hybridized carbons (Fsp3) is 0.500. The maximum atomic E-state index is 13.4. The summed E-state index contributed by atoms with van der Waals surface area (Å²) in [7, 11) is 2.90. The molecule has 4 aliphatic rings. The molecule has 1 fully saturated rings. The van der Waals surface area contributed by atoms with Crippen molar-refractivity contribution in [3.63, 3.8) is 0 Å². The van der Waals surface area contributed by atoms with Crippen molar-refractivity contribution in [3.8, 4) is 11.5 Å². The molecule has 3 aliphatic heterocycles. The van der Waals surface area contributed by atoms with Gasteiger partial charge in [0.25, 0.3) is 0 Å². The number of hydrogen-bond donors (Lipinski definition) is 4. The van der Waals surface area contributed by atoms with E-state index in [1.54, 1.807) is 6.92 Å². The first kappa shape index (κ1) is 24.5. The SMILES string of the molecule is COC1=CC(=O)C2=C(C1=O)C(CNC(=O)C(C)N)N1CC3Cc4cc(C)c(OC)c(O)c4C(N3)C1C2. The molecule has 0 spiro atoms. The zero-order valence-corrected chi connectivity index (χ0v) is 20.9. The number of amides is 1. The molecule has 1 amide bonds. The molecule has 0 aromatic heterocycles.